The Morgan fingerprint density at radius 2 is 2.16 bits per heavy atom. The fraction of sp³-hybridized carbons (Fsp3) is 0.933. The van der Waals surface area contributed by atoms with E-state index in [1.807, 2.05) is 13.8 Å². The number of nitrogens with one attached hydrogen (secondary N) is 1. The van der Waals surface area contributed by atoms with Gasteiger partial charge in [0, 0.05) is 25.6 Å². The number of hydrogen-bond acceptors (Lipinski definition) is 3. The van der Waals surface area contributed by atoms with Crippen LogP contribution in [0.25, 0.3) is 0 Å². The van der Waals surface area contributed by atoms with Crippen LogP contribution in [-0.2, 0) is 4.79 Å². The van der Waals surface area contributed by atoms with E-state index in [1.54, 1.807) is 0 Å². The van der Waals surface area contributed by atoms with Crippen LogP contribution in [0.2, 0.25) is 0 Å². The zero-order chi connectivity index (χ0) is 14.1. The van der Waals surface area contributed by atoms with Crippen LogP contribution in [0.15, 0.2) is 0 Å². The molecular formula is C15H30N2O2. The van der Waals surface area contributed by atoms with E-state index in [2.05, 4.69) is 10.2 Å². The molecule has 112 valence electrons. The number of aliphatic hydroxyl groups excluding tert-OH is 1. The summed E-state index contributed by atoms with van der Waals surface area (Å²) in [5.41, 5.74) is 0. The SMILES string of the molecule is CC(C)C(=O)NCC1CCCN(CCCCCO)C1. The lowest BCUT2D eigenvalue weighted by Crippen LogP contribution is -2.42. The lowest BCUT2D eigenvalue weighted by atomic mass is 9.97. The topological polar surface area (TPSA) is 52.6 Å². The first-order valence-electron chi connectivity index (χ1n) is 7.74. The van der Waals surface area contributed by atoms with Gasteiger partial charge in [0.1, 0.15) is 0 Å². The maximum atomic E-state index is 11.6. The van der Waals surface area contributed by atoms with Crippen molar-refractivity contribution in [2.45, 2.75) is 46.0 Å². The zero-order valence-electron chi connectivity index (χ0n) is 12.5. The summed E-state index contributed by atoms with van der Waals surface area (Å²) in [7, 11) is 0. The van der Waals surface area contributed by atoms with Crippen LogP contribution in [0.5, 0.6) is 0 Å². The molecule has 0 aromatic rings. The van der Waals surface area contributed by atoms with Crippen molar-refractivity contribution in [2.24, 2.45) is 11.8 Å². The molecule has 4 heteroatoms. The van der Waals surface area contributed by atoms with Crippen molar-refractivity contribution in [3.05, 3.63) is 0 Å². The molecule has 0 radical (unpaired) electrons. The molecule has 0 saturated carbocycles. The molecule has 1 unspecified atom stereocenters. The minimum Gasteiger partial charge on any atom is -0.396 e. The average molecular weight is 270 g/mol. The zero-order valence-corrected chi connectivity index (χ0v) is 12.5. The minimum absolute atomic E-state index is 0.0816. The van der Waals surface area contributed by atoms with E-state index in [0.29, 0.717) is 12.5 Å². The van der Waals surface area contributed by atoms with E-state index in [9.17, 15) is 4.79 Å². The van der Waals surface area contributed by atoms with E-state index < -0.39 is 0 Å². The highest BCUT2D eigenvalue weighted by molar-refractivity contribution is 5.77. The van der Waals surface area contributed by atoms with Crippen LogP contribution < -0.4 is 5.32 Å². The molecule has 1 fully saturated rings. The number of unbranched alkanes of at least 4 members (excludes halogenated alkanes) is 2. The second-order valence-electron chi connectivity index (χ2n) is 5.99. The molecule has 1 amide bonds. The molecular weight excluding hydrogens is 240 g/mol. The predicted octanol–water partition coefficient (Wildman–Crippen LogP) is 1.63. The number of piperidine rings is 1. The molecule has 0 aromatic heterocycles. The Labute approximate surface area is 117 Å². The third-order valence-electron chi connectivity index (χ3n) is 3.82. The molecule has 1 aliphatic rings. The summed E-state index contributed by atoms with van der Waals surface area (Å²) in [5.74, 6) is 0.854. The maximum Gasteiger partial charge on any atom is 0.222 e. The Bertz CT molecular complexity index is 257. The van der Waals surface area contributed by atoms with Gasteiger partial charge < -0.3 is 15.3 Å². The third kappa shape index (κ3) is 6.92. The van der Waals surface area contributed by atoms with Crippen molar-refractivity contribution in [3.63, 3.8) is 0 Å². The van der Waals surface area contributed by atoms with E-state index >= 15 is 0 Å². The number of hydrogen-bond donors (Lipinski definition) is 2. The average Bonchev–Trinajstić information content (AvgIpc) is 2.41. The first-order chi connectivity index (χ1) is 9.13. The van der Waals surface area contributed by atoms with Gasteiger partial charge in [0.25, 0.3) is 0 Å². The van der Waals surface area contributed by atoms with Gasteiger partial charge in [-0.05, 0) is 51.1 Å². The van der Waals surface area contributed by atoms with Crippen LogP contribution in [0.4, 0.5) is 0 Å². The number of nitrogens with zero attached hydrogens (tertiary/aromatic N) is 1. The van der Waals surface area contributed by atoms with Gasteiger partial charge in [-0.25, -0.2) is 0 Å². The van der Waals surface area contributed by atoms with Crippen molar-refractivity contribution >= 4 is 5.91 Å². The Balaban J connectivity index is 2.17. The monoisotopic (exact) mass is 270 g/mol. The van der Waals surface area contributed by atoms with Crippen LogP contribution in [0, 0.1) is 11.8 Å². The lowest BCUT2D eigenvalue weighted by molar-refractivity contribution is -0.124. The van der Waals surface area contributed by atoms with Crippen LogP contribution in [0.3, 0.4) is 0 Å². The summed E-state index contributed by atoms with van der Waals surface area (Å²) < 4.78 is 0. The van der Waals surface area contributed by atoms with Gasteiger partial charge in [-0.15, -0.1) is 0 Å². The van der Waals surface area contributed by atoms with Crippen molar-refractivity contribution < 1.29 is 9.90 Å². The Kier molecular flexibility index (Phi) is 8.07. The van der Waals surface area contributed by atoms with Gasteiger partial charge in [-0.3, -0.25) is 4.79 Å². The van der Waals surface area contributed by atoms with E-state index in [1.165, 1.54) is 25.8 Å². The third-order valence-corrected chi connectivity index (χ3v) is 3.82. The highest BCUT2D eigenvalue weighted by Gasteiger charge is 2.20. The molecule has 1 rings (SSSR count). The summed E-state index contributed by atoms with van der Waals surface area (Å²) in [4.78, 5) is 14.1. The van der Waals surface area contributed by atoms with E-state index in [-0.39, 0.29) is 11.8 Å². The van der Waals surface area contributed by atoms with E-state index in [0.717, 1.165) is 32.5 Å². The van der Waals surface area contributed by atoms with E-state index in [4.69, 9.17) is 5.11 Å². The highest BCUT2D eigenvalue weighted by atomic mass is 16.2. The maximum absolute atomic E-state index is 11.6. The van der Waals surface area contributed by atoms with Gasteiger partial charge >= 0.3 is 0 Å². The Morgan fingerprint density at radius 3 is 2.84 bits per heavy atom. The number of carbonyl (C=O) groups is 1. The summed E-state index contributed by atoms with van der Waals surface area (Å²) >= 11 is 0. The summed E-state index contributed by atoms with van der Waals surface area (Å²) in [6, 6.07) is 0. The van der Waals surface area contributed by atoms with Gasteiger partial charge in [0.05, 0.1) is 0 Å². The van der Waals surface area contributed by atoms with Crippen molar-refractivity contribution in [3.8, 4) is 0 Å². The Hall–Kier alpha value is -0.610. The van der Waals surface area contributed by atoms with Crippen molar-refractivity contribution in [1.82, 2.24) is 10.2 Å². The summed E-state index contributed by atoms with van der Waals surface area (Å²) in [5, 5.41) is 11.8. The van der Waals surface area contributed by atoms with Crippen LogP contribution in [0.1, 0.15) is 46.0 Å². The molecule has 1 heterocycles. The molecule has 2 N–H and O–H groups in total. The molecule has 1 atom stereocenters. The second kappa shape index (κ2) is 9.32. The van der Waals surface area contributed by atoms with Gasteiger partial charge in [-0.2, -0.15) is 0 Å². The minimum atomic E-state index is 0.0816. The van der Waals surface area contributed by atoms with Gasteiger partial charge in [0.2, 0.25) is 5.91 Å². The van der Waals surface area contributed by atoms with Crippen LogP contribution in [-0.4, -0.2) is 48.7 Å². The summed E-state index contributed by atoms with van der Waals surface area (Å²) in [6.07, 6.45) is 5.67. The van der Waals surface area contributed by atoms with Crippen LogP contribution >= 0.6 is 0 Å². The lowest BCUT2D eigenvalue weighted by Gasteiger charge is -2.33. The predicted molar refractivity (Wildman–Crippen MR) is 77.9 cm³/mol. The first kappa shape index (κ1) is 16.4. The fourth-order valence-corrected chi connectivity index (χ4v) is 2.59. The smallest absolute Gasteiger partial charge is 0.222 e. The molecule has 19 heavy (non-hydrogen) atoms. The molecule has 1 saturated heterocycles. The largest absolute Gasteiger partial charge is 0.396 e. The number of carbonyl (C=O) groups excluding carboxylic acids is 1. The van der Waals surface area contributed by atoms with Crippen molar-refractivity contribution in [1.29, 1.82) is 0 Å². The number of aliphatic hydroxyl groups is 1. The number of amides is 1. The molecule has 0 bridgehead atoms. The normalized spacial score (nSPS) is 20.7. The summed E-state index contributed by atoms with van der Waals surface area (Å²) in [6.45, 7) is 8.43. The number of likely N-dealkylation sites (tertiary alicyclic amines) is 1. The van der Waals surface area contributed by atoms with Gasteiger partial charge in [0.15, 0.2) is 0 Å². The quantitative estimate of drug-likeness (QED) is 0.659. The fourth-order valence-electron chi connectivity index (χ4n) is 2.59. The molecule has 4 nitrogen and oxygen atoms in total. The van der Waals surface area contributed by atoms with Gasteiger partial charge in [-0.1, -0.05) is 13.8 Å². The van der Waals surface area contributed by atoms with Crippen molar-refractivity contribution in [2.75, 3.05) is 32.8 Å². The second-order valence-corrected chi connectivity index (χ2v) is 5.99. The molecule has 1 aliphatic heterocycles. The molecule has 0 aliphatic carbocycles. The number of rotatable bonds is 8. The standard InChI is InChI=1S/C15H30N2O2/c1-13(2)15(19)16-11-14-7-6-9-17(12-14)8-4-3-5-10-18/h13-14,18H,3-12H2,1-2H3,(H,16,19). The first-order valence-corrected chi connectivity index (χ1v) is 7.74. The molecule has 0 spiro atoms. The highest BCUT2D eigenvalue weighted by Crippen LogP contribution is 2.16. The Morgan fingerprint density at radius 1 is 1.37 bits per heavy atom. The molecule has 0 aromatic carbocycles.